The summed E-state index contributed by atoms with van der Waals surface area (Å²) in [6.07, 6.45) is 3.58. The monoisotopic (exact) mass is 358 g/mol. The average Bonchev–Trinajstić information content (AvgIpc) is 2.67. The van der Waals surface area contributed by atoms with Gasteiger partial charge in [0, 0.05) is 25.4 Å². The summed E-state index contributed by atoms with van der Waals surface area (Å²) in [7, 11) is 3.12. The first kappa shape index (κ1) is 19.5. The van der Waals surface area contributed by atoms with Gasteiger partial charge in [0.1, 0.15) is 17.2 Å². The molecule has 1 heterocycles. The standard InChI is InChI=1S/C19H26N4O3/c1-5-11-23(12-6-2)19-20-10-9-15(22-19)18(24)21-16-13-14(25-3)7-8-17(16)26-4/h7-10,13H,5-6,11-12H2,1-4H3,(H,21,24). The highest BCUT2D eigenvalue weighted by Crippen LogP contribution is 2.29. The molecule has 1 aromatic heterocycles. The van der Waals surface area contributed by atoms with Gasteiger partial charge in [0.05, 0.1) is 19.9 Å². The largest absolute Gasteiger partial charge is 0.497 e. The number of hydrogen-bond donors (Lipinski definition) is 1. The van der Waals surface area contributed by atoms with Crippen molar-refractivity contribution < 1.29 is 14.3 Å². The first-order valence-corrected chi connectivity index (χ1v) is 8.74. The van der Waals surface area contributed by atoms with Crippen LogP contribution >= 0.6 is 0 Å². The van der Waals surface area contributed by atoms with Crippen LogP contribution in [-0.4, -0.2) is 43.2 Å². The molecule has 0 aliphatic rings. The highest BCUT2D eigenvalue weighted by Gasteiger charge is 2.15. The Morgan fingerprint density at radius 2 is 1.85 bits per heavy atom. The van der Waals surface area contributed by atoms with Crippen molar-refractivity contribution in [3.8, 4) is 11.5 Å². The molecule has 0 bridgehead atoms. The molecule has 1 amide bonds. The first-order chi connectivity index (χ1) is 12.6. The summed E-state index contributed by atoms with van der Waals surface area (Å²) in [6.45, 7) is 5.91. The van der Waals surface area contributed by atoms with E-state index in [2.05, 4.69) is 34.0 Å². The summed E-state index contributed by atoms with van der Waals surface area (Å²) in [5, 5.41) is 2.83. The molecule has 0 saturated heterocycles. The third-order valence-electron chi connectivity index (χ3n) is 3.80. The third kappa shape index (κ3) is 4.84. The van der Waals surface area contributed by atoms with Crippen molar-refractivity contribution in [1.29, 1.82) is 0 Å². The predicted molar refractivity (Wildman–Crippen MR) is 102 cm³/mol. The van der Waals surface area contributed by atoms with Crippen LogP contribution in [0.15, 0.2) is 30.5 Å². The van der Waals surface area contributed by atoms with E-state index >= 15 is 0 Å². The average molecular weight is 358 g/mol. The lowest BCUT2D eigenvalue weighted by Gasteiger charge is -2.21. The first-order valence-electron chi connectivity index (χ1n) is 8.74. The number of ether oxygens (including phenoxy) is 2. The van der Waals surface area contributed by atoms with Crippen molar-refractivity contribution in [3.63, 3.8) is 0 Å². The molecule has 2 aromatic rings. The van der Waals surface area contributed by atoms with Crippen LogP contribution in [0.2, 0.25) is 0 Å². The number of nitrogens with zero attached hydrogens (tertiary/aromatic N) is 3. The Labute approximate surface area is 154 Å². The van der Waals surface area contributed by atoms with E-state index in [1.54, 1.807) is 44.7 Å². The number of nitrogens with one attached hydrogen (secondary N) is 1. The van der Waals surface area contributed by atoms with Gasteiger partial charge >= 0.3 is 0 Å². The number of rotatable bonds is 9. The molecule has 0 aliphatic heterocycles. The molecule has 0 saturated carbocycles. The second-order valence-electron chi connectivity index (χ2n) is 5.75. The normalized spacial score (nSPS) is 10.3. The summed E-state index contributed by atoms with van der Waals surface area (Å²) in [6, 6.07) is 6.82. The van der Waals surface area contributed by atoms with Gasteiger partial charge in [-0.05, 0) is 31.0 Å². The van der Waals surface area contributed by atoms with Crippen LogP contribution in [0, 0.1) is 0 Å². The number of carbonyl (C=O) groups is 1. The molecule has 7 nitrogen and oxygen atoms in total. The maximum absolute atomic E-state index is 12.7. The predicted octanol–water partition coefficient (Wildman–Crippen LogP) is 3.37. The molecule has 1 N–H and O–H groups in total. The highest BCUT2D eigenvalue weighted by atomic mass is 16.5. The molecule has 2 rings (SSSR count). The summed E-state index contributed by atoms with van der Waals surface area (Å²) in [5.74, 6) is 1.42. The van der Waals surface area contributed by atoms with Gasteiger partial charge in [0.15, 0.2) is 0 Å². The Bertz CT molecular complexity index is 730. The number of carbonyl (C=O) groups excluding carboxylic acids is 1. The maximum atomic E-state index is 12.7. The summed E-state index contributed by atoms with van der Waals surface area (Å²) < 4.78 is 10.5. The zero-order valence-electron chi connectivity index (χ0n) is 15.8. The molecule has 140 valence electrons. The Kier molecular flexibility index (Phi) is 7.20. The van der Waals surface area contributed by atoms with Crippen LogP contribution in [0.5, 0.6) is 11.5 Å². The van der Waals surface area contributed by atoms with Gasteiger partial charge in [-0.1, -0.05) is 13.8 Å². The minimum Gasteiger partial charge on any atom is -0.497 e. The Hall–Kier alpha value is -2.83. The molecule has 0 unspecified atom stereocenters. The minimum absolute atomic E-state index is 0.303. The van der Waals surface area contributed by atoms with Crippen LogP contribution in [0.25, 0.3) is 0 Å². The van der Waals surface area contributed by atoms with Crippen LogP contribution in [0.1, 0.15) is 37.2 Å². The van der Waals surface area contributed by atoms with Crippen LogP contribution in [-0.2, 0) is 0 Å². The minimum atomic E-state index is -0.326. The summed E-state index contributed by atoms with van der Waals surface area (Å²) in [5.41, 5.74) is 0.827. The van der Waals surface area contributed by atoms with Crippen molar-refractivity contribution in [2.75, 3.05) is 37.5 Å². The van der Waals surface area contributed by atoms with Crippen molar-refractivity contribution >= 4 is 17.5 Å². The quantitative estimate of drug-likeness (QED) is 0.741. The number of aromatic nitrogens is 2. The van der Waals surface area contributed by atoms with Gasteiger partial charge < -0.3 is 19.7 Å². The van der Waals surface area contributed by atoms with E-state index in [0.29, 0.717) is 28.8 Å². The molecule has 26 heavy (non-hydrogen) atoms. The van der Waals surface area contributed by atoms with E-state index in [0.717, 1.165) is 25.9 Å². The molecular formula is C19H26N4O3. The fraction of sp³-hybridized carbons (Fsp3) is 0.421. The number of methoxy groups -OCH3 is 2. The van der Waals surface area contributed by atoms with Gasteiger partial charge in [-0.15, -0.1) is 0 Å². The van der Waals surface area contributed by atoms with E-state index in [1.165, 1.54) is 0 Å². The fourth-order valence-corrected chi connectivity index (χ4v) is 2.58. The molecule has 0 radical (unpaired) electrons. The lowest BCUT2D eigenvalue weighted by Crippen LogP contribution is -2.27. The molecule has 0 fully saturated rings. The molecule has 0 atom stereocenters. The second kappa shape index (κ2) is 9.60. The summed E-state index contributed by atoms with van der Waals surface area (Å²) >= 11 is 0. The Morgan fingerprint density at radius 1 is 1.12 bits per heavy atom. The SMILES string of the molecule is CCCN(CCC)c1nccc(C(=O)Nc2cc(OC)ccc2OC)n1. The third-order valence-corrected chi connectivity index (χ3v) is 3.80. The van der Waals surface area contributed by atoms with Crippen LogP contribution in [0.4, 0.5) is 11.6 Å². The topological polar surface area (TPSA) is 76.6 Å². The van der Waals surface area contributed by atoms with Gasteiger partial charge in [-0.2, -0.15) is 0 Å². The van der Waals surface area contributed by atoms with Gasteiger partial charge in [0.25, 0.3) is 5.91 Å². The molecule has 0 aliphatic carbocycles. The second-order valence-corrected chi connectivity index (χ2v) is 5.75. The Balaban J connectivity index is 2.24. The van der Waals surface area contributed by atoms with Crippen molar-refractivity contribution in [2.45, 2.75) is 26.7 Å². The molecule has 7 heteroatoms. The number of benzene rings is 1. The van der Waals surface area contributed by atoms with Gasteiger partial charge in [-0.3, -0.25) is 4.79 Å². The van der Waals surface area contributed by atoms with E-state index in [-0.39, 0.29) is 5.91 Å². The highest BCUT2D eigenvalue weighted by molar-refractivity contribution is 6.03. The summed E-state index contributed by atoms with van der Waals surface area (Å²) in [4.78, 5) is 23.5. The van der Waals surface area contributed by atoms with Crippen LogP contribution < -0.4 is 19.7 Å². The van der Waals surface area contributed by atoms with E-state index in [4.69, 9.17) is 9.47 Å². The van der Waals surface area contributed by atoms with Crippen molar-refractivity contribution in [1.82, 2.24) is 9.97 Å². The molecular weight excluding hydrogens is 332 g/mol. The molecule has 1 aromatic carbocycles. The lowest BCUT2D eigenvalue weighted by molar-refractivity contribution is 0.102. The number of anilines is 2. The Morgan fingerprint density at radius 3 is 2.46 bits per heavy atom. The zero-order chi connectivity index (χ0) is 18.9. The zero-order valence-corrected chi connectivity index (χ0v) is 15.8. The fourth-order valence-electron chi connectivity index (χ4n) is 2.58. The number of hydrogen-bond acceptors (Lipinski definition) is 6. The van der Waals surface area contributed by atoms with Crippen molar-refractivity contribution in [2.24, 2.45) is 0 Å². The van der Waals surface area contributed by atoms with Crippen LogP contribution in [0.3, 0.4) is 0 Å². The van der Waals surface area contributed by atoms with Gasteiger partial charge in [0.2, 0.25) is 5.95 Å². The van der Waals surface area contributed by atoms with E-state index in [1.807, 2.05) is 0 Å². The van der Waals surface area contributed by atoms with E-state index < -0.39 is 0 Å². The van der Waals surface area contributed by atoms with Crippen molar-refractivity contribution in [3.05, 3.63) is 36.2 Å². The van der Waals surface area contributed by atoms with E-state index in [9.17, 15) is 4.79 Å². The molecule has 0 spiro atoms. The van der Waals surface area contributed by atoms with Gasteiger partial charge in [-0.25, -0.2) is 9.97 Å². The maximum Gasteiger partial charge on any atom is 0.274 e. The smallest absolute Gasteiger partial charge is 0.274 e. The number of amides is 1. The lowest BCUT2D eigenvalue weighted by atomic mass is 10.2.